The fourth-order valence-electron chi connectivity index (χ4n) is 3.00. The Bertz CT molecular complexity index is 691. The highest BCUT2D eigenvalue weighted by Crippen LogP contribution is 2.26. The number of piperidine rings is 1. The van der Waals surface area contributed by atoms with E-state index in [1.54, 1.807) is 0 Å². The van der Waals surface area contributed by atoms with Crippen LogP contribution in [0.4, 0.5) is 4.39 Å². The second kappa shape index (κ2) is 8.76. The molecule has 1 aliphatic rings. The standard InChI is InChI=1S/C18H27FN2O3S/c1-14(2)12-20-18(22)9-8-15-5-4-10-21(13-15)25(23,24)17-7-3-6-16(19)11-17/h3,6-7,11,14-15H,4-5,8-10,12-13H2,1-2H3,(H,20,22). The molecule has 2 rings (SSSR count). The number of carbonyl (C=O) groups is 1. The Balaban J connectivity index is 1.93. The van der Waals surface area contributed by atoms with Crippen LogP contribution >= 0.6 is 0 Å². The third kappa shape index (κ3) is 5.78. The molecule has 1 amide bonds. The Morgan fingerprint density at radius 2 is 2.16 bits per heavy atom. The Kier molecular flexibility index (Phi) is 6.95. The van der Waals surface area contributed by atoms with Gasteiger partial charge in [0.15, 0.2) is 0 Å². The minimum Gasteiger partial charge on any atom is -0.356 e. The molecule has 1 aliphatic heterocycles. The lowest BCUT2D eigenvalue weighted by Crippen LogP contribution is -2.40. The second-order valence-corrected chi connectivity index (χ2v) is 9.00. The predicted octanol–water partition coefficient (Wildman–Crippen LogP) is 2.78. The lowest BCUT2D eigenvalue weighted by atomic mass is 9.94. The molecule has 1 N–H and O–H groups in total. The lowest BCUT2D eigenvalue weighted by molar-refractivity contribution is -0.121. The molecule has 1 saturated heterocycles. The van der Waals surface area contributed by atoms with Crippen LogP contribution in [0.5, 0.6) is 0 Å². The normalized spacial score (nSPS) is 19.1. The van der Waals surface area contributed by atoms with Crippen LogP contribution in [0.15, 0.2) is 29.2 Å². The van der Waals surface area contributed by atoms with Gasteiger partial charge in [-0.25, -0.2) is 12.8 Å². The zero-order valence-corrected chi connectivity index (χ0v) is 15.7. The molecule has 140 valence electrons. The molecule has 0 spiro atoms. The smallest absolute Gasteiger partial charge is 0.243 e. The number of carbonyl (C=O) groups excluding carboxylic acids is 1. The van der Waals surface area contributed by atoms with Crippen molar-refractivity contribution in [1.82, 2.24) is 9.62 Å². The quantitative estimate of drug-likeness (QED) is 0.803. The SMILES string of the molecule is CC(C)CNC(=O)CCC1CCCN(S(=O)(=O)c2cccc(F)c2)C1. The monoisotopic (exact) mass is 370 g/mol. The Labute approximate surface area is 149 Å². The second-order valence-electron chi connectivity index (χ2n) is 7.07. The van der Waals surface area contributed by atoms with E-state index in [-0.39, 0.29) is 16.7 Å². The summed E-state index contributed by atoms with van der Waals surface area (Å²) in [6.45, 7) is 5.56. The summed E-state index contributed by atoms with van der Waals surface area (Å²) in [5.41, 5.74) is 0. The summed E-state index contributed by atoms with van der Waals surface area (Å²) < 4.78 is 40.1. The van der Waals surface area contributed by atoms with Crippen LogP contribution in [0.3, 0.4) is 0 Å². The van der Waals surface area contributed by atoms with E-state index in [1.165, 1.54) is 22.5 Å². The summed E-state index contributed by atoms with van der Waals surface area (Å²) in [5, 5.41) is 2.88. The largest absolute Gasteiger partial charge is 0.356 e. The van der Waals surface area contributed by atoms with Crippen LogP contribution in [0.1, 0.15) is 39.5 Å². The maximum Gasteiger partial charge on any atom is 0.243 e. The van der Waals surface area contributed by atoms with Gasteiger partial charge in [0.2, 0.25) is 15.9 Å². The van der Waals surface area contributed by atoms with E-state index in [4.69, 9.17) is 0 Å². The van der Waals surface area contributed by atoms with Gasteiger partial charge in [-0.05, 0) is 49.3 Å². The van der Waals surface area contributed by atoms with Gasteiger partial charge >= 0.3 is 0 Å². The van der Waals surface area contributed by atoms with E-state index in [1.807, 2.05) is 13.8 Å². The van der Waals surface area contributed by atoms with Crippen molar-refractivity contribution >= 4 is 15.9 Å². The molecule has 25 heavy (non-hydrogen) atoms. The number of amides is 1. The molecular weight excluding hydrogens is 343 g/mol. The first-order valence-electron chi connectivity index (χ1n) is 8.81. The maximum atomic E-state index is 13.4. The minimum absolute atomic E-state index is 0.0113. The number of halogens is 1. The number of rotatable bonds is 7. The first-order chi connectivity index (χ1) is 11.8. The number of hydrogen-bond acceptors (Lipinski definition) is 3. The number of nitrogens with one attached hydrogen (secondary N) is 1. The summed E-state index contributed by atoms with van der Waals surface area (Å²) in [5.74, 6) is 0.0164. The summed E-state index contributed by atoms with van der Waals surface area (Å²) in [6, 6.07) is 5.11. The zero-order chi connectivity index (χ0) is 18.4. The van der Waals surface area contributed by atoms with Gasteiger partial charge in [-0.15, -0.1) is 0 Å². The molecule has 1 unspecified atom stereocenters. The molecule has 1 aromatic carbocycles. The lowest BCUT2D eigenvalue weighted by Gasteiger charge is -2.32. The van der Waals surface area contributed by atoms with Gasteiger partial charge in [0, 0.05) is 26.1 Å². The van der Waals surface area contributed by atoms with Crippen molar-refractivity contribution in [3.05, 3.63) is 30.1 Å². The van der Waals surface area contributed by atoms with E-state index in [0.717, 1.165) is 18.9 Å². The Morgan fingerprint density at radius 3 is 2.84 bits per heavy atom. The number of nitrogens with zero attached hydrogens (tertiary/aromatic N) is 1. The third-order valence-electron chi connectivity index (χ3n) is 4.40. The summed E-state index contributed by atoms with van der Waals surface area (Å²) in [4.78, 5) is 11.8. The van der Waals surface area contributed by atoms with Crippen molar-refractivity contribution in [2.75, 3.05) is 19.6 Å². The molecule has 0 aromatic heterocycles. The third-order valence-corrected chi connectivity index (χ3v) is 6.26. The zero-order valence-electron chi connectivity index (χ0n) is 14.9. The van der Waals surface area contributed by atoms with Crippen molar-refractivity contribution in [1.29, 1.82) is 0 Å². The van der Waals surface area contributed by atoms with E-state index in [2.05, 4.69) is 5.32 Å². The van der Waals surface area contributed by atoms with E-state index in [0.29, 0.717) is 38.4 Å². The molecular formula is C18H27FN2O3S. The van der Waals surface area contributed by atoms with E-state index in [9.17, 15) is 17.6 Å². The van der Waals surface area contributed by atoms with Crippen LogP contribution in [0.25, 0.3) is 0 Å². The molecule has 1 atom stereocenters. The molecule has 1 heterocycles. The number of benzene rings is 1. The molecule has 0 bridgehead atoms. The fourth-order valence-corrected chi connectivity index (χ4v) is 4.59. The van der Waals surface area contributed by atoms with Crippen LogP contribution in [-0.2, 0) is 14.8 Å². The fraction of sp³-hybridized carbons (Fsp3) is 0.611. The molecule has 0 radical (unpaired) electrons. The highest BCUT2D eigenvalue weighted by atomic mass is 32.2. The van der Waals surface area contributed by atoms with Crippen LogP contribution in [0, 0.1) is 17.7 Å². The average molecular weight is 370 g/mol. The molecule has 1 aromatic rings. The van der Waals surface area contributed by atoms with Gasteiger partial charge in [-0.1, -0.05) is 19.9 Å². The van der Waals surface area contributed by atoms with Crippen LogP contribution < -0.4 is 5.32 Å². The van der Waals surface area contributed by atoms with Crippen molar-refractivity contribution in [2.24, 2.45) is 11.8 Å². The Morgan fingerprint density at radius 1 is 1.40 bits per heavy atom. The van der Waals surface area contributed by atoms with Gasteiger partial charge < -0.3 is 5.32 Å². The van der Waals surface area contributed by atoms with Gasteiger partial charge in [0.05, 0.1) is 4.90 Å². The number of hydrogen-bond donors (Lipinski definition) is 1. The molecule has 1 fully saturated rings. The molecule has 0 aliphatic carbocycles. The maximum absolute atomic E-state index is 13.4. The summed E-state index contributed by atoms with van der Waals surface area (Å²) in [6.07, 6.45) is 2.74. The first kappa shape index (κ1) is 19.8. The van der Waals surface area contributed by atoms with Gasteiger partial charge in [0.25, 0.3) is 0 Å². The summed E-state index contributed by atoms with van der Waals surface area (Å²) >= 11 is 0. The van der Waals surface area contributed by atoms with E-state index >= 15 is 0 Å². The Hall–Kier alpha value is -1.47. The first-order valence-corrected chi connectivity index (χ1v) is 10.3. The van der Waals surface area contributed by atoms with Gasteiger partial charge in [-0.3, -0.25) is 4.79 Å². The number of sulfonamides is 1. The van der Waals surface area contributed by atoms with E-state index < -0.39 is 15.8 Å². The molecule has 5 nitrogen and oxygen atoms in total. The van der Waals surface area contributed by atoms with Crippen molar-refractivity contribution in [2.45, 2.75) is 44.4 Å². The van der Waals surface area contributed by atoms with Crippen molar-refractivity contribution < 1.29 is 17.6 Å². The van der Waals surface area contributed by atoms with Crippen molar-refractivity contribution in [3.63, 3.8) is 0 Å². The van der Waals surface area contributed by atoms with Crippen molar-refractivity contribution in [3.8, 4) is 0 Å². The molecule has 7 heteroatoms. The highest BCUT2D eigenvalue weighted by molar-refractivity contribution is 7.89. The minimum atomic E-state index is -3.68. The van der Waals surface area contributed by atoms with Crippen LogP contribution in [-0.4, -0.2) is 38.3 Å². The topological polar surface area (TPSA) is 66.5 Å². The van der Waals surface area contributed by atoms with Crippen LogP contribution in [0.2, 0.25) is 0 Å². The average Bonchev–Trinajstić information content (AvgIpc) is 2.58. The summed E-state index contributed by atoms with van der Waals surface area (Å²) in [7, 11) is -3.68. The predicted molar refractivity (Wildman–Crippen MR) is 95.0 cm³/mol. The molecule has 0 saturated carbocycles. The van der Waals surface area contributed by atoms with Gasteiger partial charge in [-0.2, -0.15) is 4.31 Å². The highest BCUT2D eigenvalue weighted by Gasteiger charge is 2.30. The van der Waals surface area contributed by atoms with Gasteiger partial charge in [0.1, 0.15) is 5.82 Å².